The van der Waals surface area contributed by atoms with Crippen LogP contribution in [0.4, 0.5) is 10.1 Å². The lowest BCUT2D eigenvalue weighted by Gasteiger charge is -2.26. The Bertz CT molecular complexity index is 984. The highest BCUT2D eigenvalue weighted by Gasteiger charge is 2.27. The van der Waals surface area contributed by atoms with E-state index >= 15 is 0 Å². The predicted octanol–water partition coefficient (Wildman–Crippen LogP) is 3.88. The summed E-state index contributed by atoms with van der Waals surface area (Å²) < 4.78 is 39.3. The van der Waals surface area contributed by atoms with Crippen LogP contribution in [-0.4, -0.2) is 46.3 Å². The second kappa shape index (κ2) is 12.9. The van der Waals surface area contributed by atoms with Gasteiger partial charge in [-0.25, -0.2) is 17.5 Å². The van der Waals surface area contributed by atoms with E-state index in [0.29, 0.717) is 25.4 Å². The average Bonchev–Trinajstić information content (AvgIpc) is 3.22. The van der Waals surface area contributed by atoms with Crippen LogP contribution in [0.15, 0.2) is 54.6 Å². The van der Waals surface area contributed by atoms with E-state index in [-0.39, 0.29) is 11.7 Å². The fraction of sp³-hybridized carbons (Fsp3) is 0.500. The zero-order valence-electron chi connectivity index (χ0n) is 19.9. The first-order chi connectivity index (χ1) is 16.3. The SMILES string of the molecule is CS(=O)(=O)NC(CC1CCCCC1)C(=O)NCCN1CCc2cc(F)ccc21.c1ccccc1. The molecule has 1 amide bonds. The number of fused-ring (bicyclic) bond motifs is 1. The van der Waals surface area contributed by atoms with Crippen LogP contribution in [0.2, 0.25) is 0 Å². The van der Waals surface area contributed by atoms with Gasteiger partial charge in [0.25, 0.3) is 0 Å². The molecule has 1 saturated carbocycles. The number of carbonyl (C=O) groups is 1. The van der Waals surface area contributed by atoms with Crippen molar-refractivity contribution < 1.29 is 17.6 Å². The zero-order valence-corrected chi connectivity index (χ0v) is 20.7. The molecule has 186 valence electrons. The Kier molecular flexibility index (Phi) is 9.89. The molecular formula is C26H36FN3O3S. The second-order valence-corrected chi connectivity index (χ2v) is 10.9. The summed E-state index contributed by atoms with van der Waals surface area (Å²) in [6.07, 6.45) is 8.04. The summed E-state index contributed by atoms with van der Waals surface area (Å²) in [5.74, 6) is -0.111. The molecule has 0 saturated heterocycles. The Morgan fingerprint density at radius 3 is 2.35 bits per heavy atom. The third-order valence-electron chi connectivity index (χ3n) is 6.35. The number of amides is 1. The lowest BCUT2D eigenvalue weighted by Crippen LogP contribution is -2.48. The van der Waals surface area contributed by atoms with Gasteiger partial charge in [-0.3, -0.25) is 4.79 Å². The Morgan fingerprint density at radius 2 is 1.74 bits per heavy atom. The molecule has 2 aliphatic rings. The summed E-state index contributed by atoms with van der Waals surface area (Å²) in [6, 6.07) is 16.1. The second-order valence-electron chi connectivity index (χ2n) is 9.14. The number of halogens is 1. The lowest BCUT2D eigenvalue weighted by molar-refractivity contribution is -0.123. The van der Waals surface area contributed by atoms with E-state index in [9.17, 15) is 17.6 Å². The van der Waals surface area contributed by atoms with Crippen molar-refractivity contribution in [2.45, 2.75) is 51.0 Å². The van der Waals surface area contributed by atoms with Gasteiger partial charge in [0.05, 0.1) is 6.26 Å². The number of rotatable bonds is 8. The van der Waals surface area contributed by atoms with Crippen LogP contribution in [-0.2, 0) is 21.2 Å². The van der Waals surface area contributed by atoms with Crippen LogP contribution in [0.1, 0.15) is 44.1 Å². The van der Waals surface area contributed by atoms with E-state index in [1.807, 2.05) is 36.4 Å². The number of hydrogen-bond acceptors (Lipinski definition) is 4. The van der Waals surface area contributed by atoms with E-state index in [1.54, 1.807) is 12.1 Å². The van der Waals surface area contributed by atoms with Gasteiger partial charge in [-0.15, -0.1) is 0 Å². The van der Waals surface area contributed by atoms with Crippen LogP contribution in [0.3, 0.4) is 0 Å². The van der Waals surface area contributed by atoms with Crippen LogP contribution in [0.25, 0.3) is 0 Å². The summed E-state index contributed by atoms with van der Waals surface area (Å²) >= 11 is 0. The van der Waals surface area contributed by atoms with Gasteiger partial charge in [0.15, 0.2) is 0 Å². The summed E-state index contributed by atoms with van der Waals surface area (Å²) in [5.41, 5.74) is 1.99. The molecular weight excluding hydrogens is 453 g/mol. The van der Waals surface area contributed by atoms with Gasteiger partial charge in [-0.1, -0.05) is 68.5 Å². The van der Waals surface area contributed by atoms with Gasteiger partial charge in [0, 0.05) is 25.3 Å². The number of anilines is 1. The van der Waals surface area contributed by atoms with Crippen LogP contribution >= 0.6 is 0 Å². The molecule has 1 unspecified atom stereocenters. The monoisotopic (exact) mass is 489 g/mol. The van der Waals surface area contributed by atoms with Crippen molar-refractivity contribution in [1.29, 1.82) is 0 Å². The molecule has 2 aromatic rings. The lowest BCUT2D eigenvalue weighted by atomic mass is 9.85. The van der Waals surface area contributed by atoms with Gasteiger partial charge < -0.3 is 10.2 Å². The molecule has 2 N–H and O–H groups in total. The maximum Gasteiger partial charge on any atom is 0.238 e. The van der Waals surface area contributed by atoms with Crippen molar-refractivity contribution in [3.8, 4) is 0 Å². The first-order valence-corrected chi connectivity index (χ1v) is 14.0. The Balaban J connectivity index is 0.000000469. The summed E-state index contributed by atoms with van der Waals surface area (Å²) in [5, 5.41) is 2.88. The normalized spacial score (nSPS) is 16.8. The molecule has 1 fully saturated rings. The van der Waals surface area contributed by atoms with Crippen molar-refractivity contribution in [1.82, 2.24) is 10.0 Å². The molecule has 8 heteroatoms. The minimum atomic E-state index is -3.46. The third-order valence-corrected chi connectivity index (χ3v) is 7.06. The number of carbonyl (C=O) groups excluding carboxylic acids is 1. The van der Waals surface area contributed by atoms with Crippen LogP contribution in [0.5, 0.6) is 0 Å². The Labute approximate surface area is 203 Å². The van der Waals surface area contributed by atoms with Gasteiger partial charge in [0.2, 0.25) is 15.9 Å². The zero-order chi connectivity index (χ0) is 24.4. The van der Waals surface area contributed by atoms with Gasteiger partial charge in [0.1, 0.15) is 11.9 Å². The molecule has 1 heterocycles. The highest BCUT2D eigenvalue weighted by atomic mass is 32.2. The molecule has 2 aromatic carbocycles. The maximum atomic E-state index is 13.3. The topological polar surface area (TPSA) is 78.5 Å². The molecule has 0 bridgehead atoms. The minimum Gasteiger partial charge on any atom is -0.369 e. The van der Waals surface area contributed by atoms with Gasteiger partial charge in [-0.2, -0.15) is 0 Å². The molecule has 1 aliphatic carbocycles. The maximum absolute atomic E-state index is 13.3. The van der Waals surface area contributed by atoms with Crippen molar-refractivity contribution in [3.05, 3.63) is 66.0 Å². The number of nitrogens with one attached hydrogen (secondary N) is 2. The fourth-order valence-corrected chi connectivity index (χ4v) is 5.44. The third kappa shape index (κ3) is 8.72. The van der Waals surface area contributed by atoms with Gasteiger partial charge >= 0.3 is 0 Å². The standard InChI is InChI=1S/C20H30FN3O3S.C6H6/c1-28(26,27)23-18(13-15-5-3-2-4-6-15)20(25)22-10-12-24-11-9-16-14-17(21)7-8-19(16)24;1-2-4-6-5-3-1/h7-8,14-15,18,23H,2-6,9-13H2,1H3,(H,22,25);1-6H. The molecule has 1 atom stereocenters. The van der Waals surface area contributed by atoms with E-state index in [4.69, 9.17) is 0 Å². The van der Waals surface area contributed by atoms with E-state index in [2.05, 4.69) is 14.9 Å². The number of nitrogens with zero attached hydrogens (tertiary/aromatic N) is 1. The van der Waals surface area contributed by atoms with Crippen LogP contribution < -0.4 is 14.9 Å². The summed E-state index contributed by atoms with van der Waals surface area (Å²) in [6.45, 7) is 1.82. The van der Waals surface area contributed by atoms with E-state index in [0.717, 1.165) is 56.2 Å². The molecule has 34 heavy (non-hydrogen) atoms. The summed E-state index contributed by atoms with van der Waals surface area (Å²) in [7, 11) is -3.46. The minimum absolute atomic E-state index is 0.230. The van der Waals surface area contributed by atoms with Crippen molar-refractivity contribution in [3.63, 3.8) is 0 Å². The Morgan fingerprint density at radius 1 is 1.09 bits per heavy atom. The molecule has 0 spiro atoms. The number of sulfonamides is 1. The van der Waals surface area contributed by atoms with Crippen LogP contribution in [0, 0.1) is 11.7 Å². The number of hydrogen-bond donors (Lipinski definition) is 2. The average molecular weight is 490 g/mol. The molecule has 6 nitrogen and oxygen atoms in total. The van der Waals surface area contributed by atoms with Crippen molar-refractivity contribution in [2.75, 3.05) is 30.8 Å². The first kappa shape index (κ1) is 26.2. The smallest absolute Gasteiger partial charge is 0.238 e. The predicted molar refractivity (Wildman–Crippen MR) is 135 cm³/mol. The molecule has 1 aliphatic heterocycles. The highest BCUT2D eigenvalue weighted by molar-refractivity contribution is 7.88. The summed E-state index contributed by atoms with van der Waals surface area (Å²) in [4.78, 5) is 14.8. The highest BCUT2D eigenvalue weighted by Crippen LogP contribution is 2.28. The van der Waals surface area contributed by atoms with Gasteiger partial charge in [-0.05, 0) is 42.5 Å². The van der Waals surface area contributed by atoms with Crippen molar-refractivity contribution in [2.24, 2.45) is 5.92 Å². The fourth-order valence-electron chi connectivity index (χ4n) is 4.72. The molecule has 4 rings (SSSR count). The van der Waals surface area contributed by atoms with E-state index < -0.39 is 16.1 Å². The quantitative estimate of drug-likeness (QED) is 0.590. The number of benzene rings is 2. The first-order valence-electron chi connectivity index (χ1n) is 12.1. The molecule has 0 aromatic heterocycles. The Hall–Kier alpha value is -2.45. The van der Waals surface area contributed by atoms with E-state index in [1.165, 1.54) is 12.5 Å². The van der Waals surface area contributed by atoms with Crippen molar-refractivity contribution >= 4 is 21.6 Å². The largest absolute Gasteiger partial charge is 0.369 e. The molecule has 0 radical (unpaired) electrons.